The molecule has 1 atom stereocenters. The van der Waals surface area contributed by atoms with Gasteiger partial charge in [-0.05, 0) is 43.5 Å². The Labute approximate surface area is 166 Å². The molecule has 28 heavy (non-hydrogen) atoms. The molecule has 0 spiro atoms. The second kappa shape index (κ2) is 7.12. The van der Waals surface area contributed by atoms with Crippen LogP contribution in [0, 0.1) is 6.92 Å². The summed E-state index contributed by atoms with van der Waals surface area (Å²) in [5.74, 6) is -0.267. The summed E-state index contributed by atoms with van der Waals surface area (Å²) < 4.78 is 1.51. The number of nitrogens with zero attached hydrogens (tertiary/aromatic N) is 4. The maximum absolute atomic E-state index is 13.2. The van der Waals surface area contributed by atoms with Crippen LogP contribution in [0.5, 0.6) is 0 Å². The van der Waals surface area contributed by atoms with Crippen molar-refractivity contribution in [1.29, 1.82) is 0 Å². The van der Waals surface area contributed by atoms with E-state index in [1.54, 1.807) is 43.1 Å². The lowest BCUT2D eigenvalue weighted by atomic mass is 9.97. The third-order valence-electron chi connectivity index (χ3n) is 4.82. The molecule has 2 amide bonds. The van der Waals surface area contributed by atoms with Crippen molar-refractivity contribution in [2.45, 2.75) is 24.2 Å². The Morgan fingerprint density at radius 3 is 2.71 bits per heavy atom. The molecule has 1 saturated heterocycles. The second-order valence-corrected chi connectivity index (χ2v) is 7.39. The Bertz CT molecular complexity index is 1060. The number of carbonyl (C=O) groups is 2. The van der Waals surface area contributed by atoms with Crippen molar-refractivity contribution in [3.8, 4) is 5.82 Å². The van der Waals surface area contributed by atoms with Gasteiger partial charge in [0.1, 0.15) is 5.82 Å². The van der Waals surface area contributed by atoms with Crippen molar-refractivity contribution >= 4 is 35.1 Å². The van der Waals surface area contributed by atoms with Gasteiger partial charge >= 0.3 is 0 Å². The molecule has 2 aromatic heterocycles. The summed E-state index contributed by atoms with van der Waals surface area (Å²) in [4.78, 5) is 32.3. The summed E-state index contributed by atoms with van der Waals surface area (Å²) in [5.41, 5.74) is 8.12. The zero-order valence-corrected chi connectivity index (χ0v) is 16.3. The van der Waals surface area contributed by atoms with Crippen LogP contribution in [0.25, 0.3) is 5.82 Å². The lowest BCUT2D eigenvalue weighted by Gasteiger charge is -2.16. The van der Waals surface area contributed by atoms with Gasteiger partial charge in [-0.1, -0.05) is 12.1 Å². The van der Waals surface area contributed by atoms with Gasteiger partial charge in [0.25, 0.3) is 0 Å². The van der Waals surface area contributed by atoms with Crippen LogP contribution >= 0.6 is 11.8 Å². The summed E-state index contributed by atoms with van der Waals surface area (Å²) in [6.07, 6.45) is 3.67. The molecular formula is C20H19N5O2S. The van der Waals surface area contributed by atoms with E-state index in [0.29, 0.717) is 28.6 Å². The van der Waals surface area contributed by atoms with Gasteiger partial charge in [0.2, 0.25) is 11.8 Å². The Balaban J connectivity index is 1.72. The van der Waals surface area contributed by atoms with Gasteiger partial charge in [-0.3, -0.25) is 9.59 Å². The number of imide groups is 1. The Kier molecular flexibility index (Phi) is 4.64. The molecular weight excluding hydrogens is 374 g/mol. The number of aryl methyl sites for hydroxylation is 1. The van der Waals surface area contributed by atoms with Crippen LogP contribution in [0.3, 0.4) is 0 Å². The minimum Gasteiger partial charge on any atom is -0.383 e. The summed E-state index contributed by atoms with van der Waals surface area (Å²) in [6, 6.07) is 12.8. The fraction of sp³-hybridized carbons (Fsp3) is 0.200. The minimum absolute atomic E-state index is 0.0707. The molecule has 2 N–H and O–H groups in total. The maximum atomic E-state index is 13.2. The number of benzene rings is 1. The summed E-state index contributed by atoms with van der Waals surface area (Å²) >= 11 is 1.56. The topological polar surface area (TPSA) is 94.1 Å². The van der Waals surface area contributed by atoms with Gasteiger partial charge in [-0.25, -0.2) is 9.88 Å². The lowest BCUT2D eigenvalue weighted by Crippen LogP contribution is -2.30. The zero-order chi connectivity index (χ0) is 19.8. The number of pyridine rings is 1. The molecule has 3 aromatic rings. The Morgan fingerprint density at radius 2 is 2.00 bits per heavy atom. The number of carbonyl (C=O) groups excluding carboxylic acids is 2. The zero-order valence-electron chi connectivity index (χ0n) is 15.5. The maximum Gasteiger partial charge on any atom is 0.242 e. The quantitative estimate of drug-likeness (QED) is 0.541. The first kappa shape index (κ1) is 18.2. The summed E-state index contributed by atoms with van der Waals surface area (Å²) in [6.45, 7) is 1.79. The molecule has 1 fully saturated rings. The van der Waals surface area contributed by atoms with E-state index in [4.69, 9.17) is 5.73 Å². The molecule has 0 saturated carbocycles. The molecule has 1 unspecified atom stereocenters. The second-order valence-electron chi connectivity index (χ2n) is 6.51. The Morgan fingerprint density at radius 1 is 1.18 bits per heavy atom. The molecule has 7 nitrogen and oxygen atoms in total. The average Bonchev–Trinajstić information content (AvgIpc) is 3.17. The number of nitrogens with two attached hydrogens (primary N) is 1. The van der Waals surface area contributed by atoms with Gasteiger partial charge in [-0.15, -0.1) is 11.8 Å². The van der Waals surface area contributed by atoms with Crippen molar-refractivity contribution in [2.75, 3.05) is 16.9 Å². The fourth-order valence-electron chi connectivity index (χ4n) is 3.52. The van der Waals surface area contributed by atoms with E-state index >= 15 is 0 Å². The standard InChI is InChI=1S/C20H19N5O2S/c1-12-18(19(21)25(23-12)16-8-3-4-9-22-16)15-11-17(26)24(20(15)27)13-6-5-7-14(10-13)28-2/h3-10,15H,11,21H2,1-2H3. The smallest absolute Gasteiger partial charge is 0.242 e. The minimum atomic E-state index is -0.650. The van der Waals surface area contributed by atoms with Crippen LogP contribution in [-0.4, -0.2) is 32.8 Å². The van der Waals surface area contributed by atoms with Crippen molar-refractivity contribution in [1.82, 2.24) is 14.8 Å². The highest BCUT2D eigenvalue weighted by Gasteiger charge is 2.43. The van der Waals surface area contributed by atoms with Crippen molar-refractivity contribution in [2.24, 2.45) is 0 Å². The molecule has 1 aliphatic rings. The van der Waals surface area contributed by atoms with E-state index in [2.05, 4.69) is 10.1 Å². The number of nitrogen functional groups attached to an aromatic ring is 1. The molecule has 0 radical (unpaired) electrons. The van der Waals surface area contributed by atoms with Crippen LogP contribution < -0.4 is 10.6 Å². The molecule has 142 valence electrons. The van der Waals surface area contributed by atoms with Crippen LogP contribution in [0.4, 0.5) is 11.5 Å². The fourth-order valence-corrected chi connectivity index (χ4v) is 3.97. The monoisotopic (exact) mass is 393 g/mol. The van der Waals surface area contributed by atoms with E-state index in [9.17, 15) is 9.59 Å². The van der Waals surface area contributed by atoms with Crippen LogP contribution in [-0.2, 0) is 9.59 Å². The number of amides is 2. The number of anilines is 2. The van der Waals surface area contributed by atoms with E-state index in [1.165, 1.54) is 9.58 Å². The van der Waals surface area contributed by atoms with E-state index < -0.39 is 5.92 Å². The third kappa shape index (κ3) is 2.95. The van der Waals surface area contributed by atoms with Crippen molar-refractivity contribution in [3.63, 3.8) is 0 Å². The first-order chi connectivity index (χ1) is 13.5. The molecule has 3 heterocycles. The van der Waals surface area contributed by atoms with E-state index in [-0.39, 0.29) is 18.2 Å². The molecule has 1 aromatic carbocycles. The first-order valence-corrected chi connectivity index (χ1v) is 10.0. The van der Waals surface area contributed by atoms with Gasteiger partial charge in [0, 0.05) is 23.1 Å². The van der Waals surface area contributed by atoms with E-state index in [1.807, 2.05) is 30.5 Å². The Hall–Kier alpha value is -3.13. The lowest BCUT2D eigenvalue weighted by molar-refractivity contribution is -0.121. The van der Waals surface area contributed by atoms with Gasteiger partial charge in [-0.2, -0.15) is 9.78 Å². The van der Waals surface area contributed by atoms with E-state index in [0.717, 1.165) is 4.90 Å². The van der Waals surface area contributed by atoms with Crippen LogP contribution in [0.1, 0.15) is 23.6 Å². The average molecular weight is 393 g/mol. The van der Waals surface area contributed by atoms with Crippen molar-refractivity contribution in [3.05, 3.63) is 59.9 Å². The SMILES string of the molecule is CSc1cccc(N2C(=O)CC(c3c(C)nn(-c4ccccn4)c3N)C2=O)c1. The highest BCUT2D eigenvalue weighted by molar-refractivity contribution is 7.98. The number of aromatic nitrogens is 3. The predicted molar refractivity (Wildman–Crippen MR) is 109 cm³/mol. The normalized spacial score (nSPS) is 16.8. The van der Waals surface area contributed by atoms with Gasteiger partial charge < -0.3 is 5.73 Å². The van der Waals surface area contributed by atoms with Gasteiger partial charge in [0.15, 0.2) is 5.82 Å². The highest BCUT2D eigenvalue weighted by atomic mass is 32.2. The molecule has 8 heteroatoms. The molecule has 0 bridgehead atoms. The number of rotatable bonds is 4. The molecule has 4 rings (SSSR count). The summed E-state index contributed by atoms with van der Waals surface area (Å²) in [5, 5.41) is 4.45. The number of hydrogen-bond acceptors (Lipinski definition) is 6. The third-order valence-corrected chi connectivity index (χ3v) is 5.54. The number of hydrogen-bond donors (Lipinski definition) is 1. The molecule has 0 aliphatic carbocycles. The summed E-state index contributed by atoms with van der Waals surface area (Å²) in [7, 11) is 0. The highest BCUT2D eigenvalue weighted by Crippen LogP contribution is 2.38. The number of thioether (sulfide) groups is 1. The van der Waals surface area contributed by atoms with Crippen LogP contribution in [0.15, 0.2) is 53.6 Å². The largest absolute Gasteiger partial charge is 0.383 e. The van der Waals surface area contributed by atoms with Crippen molar-refractivity contribution < 1.29 is 9.59 Å². The predicted octanol–water partition coefficient (Wildman–Crippen LogP) is 2.93. The molecule has 1 aliphatic heterocycles. The van der Waals surface area contributed by atoms with Gasteiger partial charge in [0.05, 0.1) is 17.3 Å². The van der Waals surface area contributed by atoms with Crippen LogP contribution in [0.2, 0.25) is 0 Å². The first-order valence-electron chi connectivity index (χ1n) is 8.78.